The smallest absolute Gasteiger partial charge is 0.312 e. The number of rotatable bonds is 9. The topological polar surface area (TPSA) is 92.5 Å². The third-order valence-electron chi connectivity index (χ3n) is 6.97. The lowest BCUT2D eigenvalue weighted by molar-refractivity contribution is -0.157. The van der Waals surface area contributed by atoms with Crippen molar-refractivity contribution in [2.45, 2.75) is 64.5 Å². The Kier molecular flexibility index (Phi) is 8.84. The van der Waals surface area contributed by atoms with E-state index in [4.69, 9.17) is 28.9 Å². The van der Waals surface area contributed by atoms with E-state index < -0.39 is 11.4 Å². The number of Topliss-reactive ketones (excluding diaryl/α,β-unsaturated/α-hetero) is 1. The van der Waals surface area contributed by atoms with Crippen LogP contribution in [0.2, 0.25) is 10.0 Å². The Morgan fingerprint density at radius 1 is 1.09 bits per heavy atom. The number of carbonyl (C=O) groups is 3. The summed E-state index contributed by atoms with van der Waals surface area (Å²) in [7, 11) is 0. The first-order chi connectivity index (χ1) is 16.6. The predicted molar refractivity (Wildman–Crippen MR) is 140 cm³/mol. The van der Waals surface area contributed by atoms with E-state index in [2.05, 4.69) is 19.2 Å². The first kappa shape index (κ1) is 27.0. The summed E-state index contributed by atoms with van der Waals surface area (Å²) < 4.78 is 0. The number of urea groups is 1. The highest BCUT2D eigenvalue weighted by molar-refractivity contribution is 6.30. The molecule has 0 radical (unpaired) electrons. The molecule has 1 saturated heterocycles. The van der Waals surface area contributed by atoms with Crippen LogP contribution in [0.5, 0.6) is 0 Å². The predicted octanol–water partition coefficient (Wildman–Crippen LogP) is 5.87. The number of piperidine rings is 1. The number of nitrogens with two attached hydrogens (primary N) is 1. The number of primary amides is 1. The normalized spacial score (nSPS) is 22.3. The quantitative estimate of drug-likeness (QED) is 0.435. The summed E-state index contributed by atoms with van der Waals surface area (Å²) in [5.74, 6) is -0.397. The number of hydrogen-bond donors (Lipinski definition) is 2. The van der Waals surface area contributed by atoms with Gasteiger partial charge in [-0.15, -0.1) is 0 Å². The van der Waals surface area contributed by atoms with Crippen LogP contribution in [-0.4, -0.2) is 35.2 Å². The lowest BCUT2D eigenvalue weighted by atomic mass is 9.66. The zero-order valence-corrected chi connectivity index (χ0v) is 21.9. The number of likely N-dealkylation sites (tertiary alicyclic amines) is 1. The van der Waals surface area contributed by atoms with E-state index in [1.807, 2.05) is 60.4 Å². The fourth-order valence-electron chi connectivity index (χ4n) is 5.31. The van der Waals surface area contributed by atoms with Crippen LogP contribution in [0.25, 0.3) is 0 Å². The van der Waals surface area contributed by atoms with Gasteiger partial charge >= 0.3 is 6.03 Å². The maximum atomic E-state index is 14.2. The lowest BCUT2D eigenvalue weighted by Gasteiger charge is -2.52. The number of benzene rings is 2. The molecule has 188 valence electrons. The van der Waals surface area contributed by atoms with Crippen LogP contribution in [0.3, 0.4) is 0 Å². The highest BCUT2D eigenvalue weighted by atomic mass is 35.5. The summed E-state index contributed by atoms with van der Waals surface area (Å²) in [6.45, 7) is 5.79. The van der Waals surface area contributed by atoms with Gasteiger partial charge in [-0.3, -0.25) is 9.59 Å². The molecule has 2 aromatic carbocycles. The molecule has 35 heavy (non-hydrogen) atoms. The Morgan fingerprint density at radius 3 is 2.31 bits per heavy atom. The molecule has 0 bridgehead atoms. The molecule has 0 aliphatic carbocycles. The molecular weight excluding hydrogens is 485 g/mol. The molecule has 0 saturated carbocycles. The molecule has 3 amide bonds. The van der Waals surface area contributed by atoms with Crippen molar-refractivity contribution in [3.63, 3.8) is 0 Å². The molecule has 2 aromatic rings. The first-order valence-electron chi connectivity index (χ1n) is 12.0. The van der Waals surface area contributed by atoms with Crippen LogP contribution in [0, 0.1) is 5.41 Å². The average Bonchev–Trinajstić information content (AvgIpc) is 2.82. The number of nitrogens with zero attached hydrogens (tertiary/aromatic N) is 1. The second-order valence-electron chi connectivity index (χ2n) is 9.54. The van der Waals surface area contributed by atoms with Crippen molar-refractivity contribution in [1.29, 1.82) is 0 Å². The van der Waals surface area contributed by atoms with Crippen molar-refractivity contribution in [3.8, 4) is 0 Å². The summed E-state index contributed by atoms with van der Waals surface area (Å²) in [6.07, 6.45) is 2.02. The van der Waals surface area contributed by atoms with Crippen molar-refractivity contribution in [3.05, 3.63) is 69.7 Å². The van der Waals surface area contributed by atoms with Gasteiger partial charge in [-0.1, -0.05) is 68.2 Å². The highest BCUT2D eigenvalue weighted by Gasteiger charge is 2.51. The van der Waals surface area contributed by atoms with Crippen LogP contribution >= 0.6 is 23.2 Å². The number of nitrogens with one attached hydrogen (secondary N) is 1. The van der Waals surface area contributed by atoms with E-state index in [0.717, 1.165) is 24.0 Å². The van der Waals surface area contributed by atoms with E-state index in [1.54, 1.807) is 0 Å². The van der Waals surface area contributed by atoms with Gasteiger partial charge in [0.05, 0.1) is 18.0 Å². The van der Waals surface area contributed by atoms with E-state index in [0.29, 0.717) is 16.5 Å². The molecule has 3 rings (SSSR count). The van der Waals surface area contributed by atoms with Crippen molar-refractivity contribution >= 4 is 40.9 Å². The SMILES string of the molecule is CCC(CC)N1C(=O)[C@@](C)(CC(=O)CNC(N)=O)C[C@H](c2cccc(Cl)c2)[C@H]1c1ccc(Cl)cc1. The monoisotopic (exact) mass is 517 g/mol. The number of amides is 3. The Balaban J connectivity index is 2.13. The molecule has 3 N–H and O–H groups in total. The van der Waals surface area contributed by atoms with Gasteiger partial charge in [0.25, 0.3) is 0 Å². The second kappa shape index (κ2) is 11.4. The van der Waals surface area contributed by atoms with Gasteiger partial charge in [0, 0.05) is 28.4 Å². The molecule has 3 atom stereocenters. The van der Waals surface area contributed by atoms with E-state index in [9.17, 15) is 14.4 Å². The standard InChI is InChI=1S/C27H33Cl2N3O3/c1-4-21(5-2)32-24(17-9-11-19(28)12-10-17)23(18-7-6-8-20(29)13-18)15-27(3,25(32)34)14-22(33)16-31-26(30)35/h6-13,21,23-24H,4-5,14-16H2,1-3H3,(H3,30,31,35)/t23-,24-,27+/m1/s1. The molecule has 0 spiro atoms. The fourth-order valence-corrected chi connectivity index (χ4v) is 5.64. The van der Waals surface area contributed by atoms with Crippen molar-refractivity contribution in [2.75, 3.05) is 6.54 Å². The van der Waals surface area contributed by atoms with Crippen molar-refractivity contribution in [2.24, 2.45) is 11.1 Å². The van der Waals surface area contributed by atoms with Gasteiger partial charge in [0.2, 0.25) is 5.91 Å². The molecule has 1 heterocycles. The van der Waals surface area contributed by atoms with Gasteiger partial charge in [-0.05, 0) is 54.7 Å². The average molecular weight is 518 g/mol. The van der Waals surface area contributed by atoms with Crippen molar-refractivity contribution < 1.29 is 14.4 Å². The molecule has 0 unspecified atom stereocenters. The highest BCUT2D eigenvalue weighted by Crippen LogP contribution is 2.52. The summed E-state index contributed by atoms with van der Waals surface area (Å²) in [4.78, 5) is 40.1. The first-order valence-corrected chi connectivity index (χ1v) is 12.7. The number of carbonyl (C=O) groups excluding carboxylic acids is 3. The molecule has 1 aliphatic heterocycles. The Bertz CT molecular complexity index is 1070. The molecule has 1 aliphatic rings. The maximum absolute atomic E-state index is 14.2. The van der Waals surface area contributed by atoms with Crippen LogP contribution in [0.1, 0.15) is 69.5 Å². The molecular formula is C27H33Cl2N3O3. The fraction of sp³-hybridized carbons (Fsp3) is 0.444. The molecule has 8 heteroatoms. The third-order valence-corrected chi connectivity index (χ3v) is 7.46. The Labute approximate surface area is 217 Å². The lowest BCUT2D eigenvalue weighted by Crippen LogP contribution is -2.56. The van der Waals surface area contributed by atoms with E-state index in [-0.39, 0.29) is 42.7 Å². The molecule has 0 aromatic heterocycles. The zero-order chi connectivity index (χ0) is 25.8. The summed E-state index contributed by atoms with van der Waals surface area (Å²) in [6, 6.07) is 14.3. The second-order valence-corrected chi connectivity index (χ2v) is 10.4. The minimum atomic E-state index is -0.949. The van der Waals surface area contributed by atoms with Crippen LogP contribution in [-0.2, 0) is 9.59 Å². The van der Waals surface area contributed by atoms with Gasteiger partial charge in [0.15, 0.2) is 5.78 Å². The van der Waals surface area contributed by atoms with E-state index in [1.165, 1.54) is 0 Å². The minimum absolute atomic E-state index is 0.00711. The van der Waals surface area contributed by atoms with Gasteiger partial charge in [0.1, 0.15) is 0 Å². The summed E-state index contributed by atoms with van der Waals surface area (Å²) >= 11 is 12.6. The summed E-state index contributed by atoms with van der Waals surface area (Å²) in [5, 5.41) is 3.59. The largest absolute Gasteiger partial charge is 0.352 e. The van der Waals surface area contributed by atoms with Crippen LogP contribution < -0.4 is 11.1 Å². The van der Waals surface area contributed by atoms with Crippen LogP contribution in [0.15, 0.2) is 48.5 Å². The summed E-state index contributed by atoms with van der Waals surface area (Å²) in [5.41, 5.74) is 6.19. The maximum Gasteiger partial charge on any atom is 0.312 e. The van der Waals surface area contributed by atoms with Gasteiger partial charge < -0.3 is 16.0 Å². The Morgan fingerprint density at radius 2 is 1.74 bits per heavy atom. The number of halogens is 2. The minimum Gasteiger partial charge on any atom is -0.352 e. The van der Waals surface area contributed by atoms with Crippen LogP contribution in [0.4, 0.5) is 4.79 Å². The van der Waals surface area contributed by atoms with Gasteiger partial charge in [-0.25, -0.2) is 4.79 Å². The van der Waals surface area contributed by atoms with Gasteiger partial charge in [-0.2, -0.15) is 0 Å². The molecule has 6 nitrogen and oxygen atoms in total. The number of ketones is 1. The Hall–Kier alpha value is -2.57. The zero-order valence-electron chi connectivity index (χ0n) is 20.4. The number of hydrogen-bond acceptors (Lipinski definition) is 3. The molecule has 1 fully saturated rings. The third kappa shape index (κ3) is 6.17. The van der Waals surface area contributed by atoms with Crippen molar-refractivity contribution in [1.82, 2.24) is 10.2 Å². The van der Waals surface area contributed by atoms with E-state index >= 15 is 0 Å².